The Kier molecular flexibility index (Phi) is 4.74. The molecule has 128 valence electrons. The minimum Gasteiger partial charge on any atom is -0.477 e. The van der Waals surface area contributed by atoms with Crippen molar-refractivity contribution >= 4 is 11.6 Å². The summed E-state index contributed by atoms with van der Waals surface area (Å²) in [5.74, 6) is -0.362. The fraction of sp³-hybridized carbons (Fsp3) is 0.222. The molecule has 7 heteroatoms. The van der Waals surface area contributed by atoms with Gasteiger partial charge in [0.1, 0.15) is 17.8 Å². The number of hydrogen-bond acceptors (Lipinski definition) is 6. The molecule has 0 spiro atoms. The van der Waals surface area contributed by atoms with E-state index in [2.05, 4.69) is 9.97 Å². The van der Waals surface area contributed by atoms with Crippen molar-refractivity contribution in [3.63, 3.8) is 0 Å². The first kappa shape index (κ1) is 16.6. The van der Waals surface area contributed by atoms with Crippen LogP contribution in [0.5, 0.6) is 5.88 Å². The van der Waals surface area contributed by atoms with E-state index >= 15 is 0 Å². The molecule has 7 nitrogen and oxygen atoms in total. The second kappa shape index (κ2) is 7.12. The highest BCUT2D eigenvalue weighted by Crippen LogP contribution is 2.16. The van der Waals surface area contributed by atoms with E-state index in [0.717, 1.165) is 5.56 Å². The Morgan fingerprint density at radius 1 is 1.28 bits per heavy atom. The van der Waals surface area contributed by atoms with Crippen molar-refractivity contribution in [2.75, 3.05) is 6.61 Å². The summed E-state index contributed by atoms with van der Waals surface area (Å²) in [6.07, 6.45) is 3.25. The Morgan fingerprint density at radius 3 is 2.92 bits per heavy atom. The average Bonchev–Trinajstić information content (AvgIpc) is 2.61. The molecule has 0 bridgehead atoms. The number of fused-ring (bicyclic) bond motifs is 1. The smallest absolute Gasteiger partial charge is 0.344 e. The van der Waals surface area contributed by atoms with Crippen LogP contribution in [-0.4, -0.2) is 26.9 Å². The van der Waals surface area contributed by atoms with Crippen molar-refractivity contribution in [1.82, 2.24) is 14.4 Å². The molecule has 0 saturated heterocycles. The maximum absolute atomic E-state index is 12.3. The molecule has 25 heavy (non-hydrogen) atoms. The van der Waals surface area contributed by atoms with E-state index in [1.54, 1.807) is 31.3 Å². The zero-order chi connectivity index (χ0) is 17.8. The third-order valence-electron chi connectivity index (χ3n) is 3.48. The molecule has 0 fully saturated rings. The maximum Gasteiger partial charge on any atom is 0.344 e. The molecule has 0 N–H and O–H groups in total. The Hall–Kier alpha value is -3.22. The Balaban J connectivity index is 1.80. The number of hydrogen-bond donors (Lipinski definition) is 0. The van der Waals surface area contributed by atoms with Crippen LogP contribution in [-0.2, 0) is 11.3 Å². The number of ether oxygens (including phenoxy) is 2. The molecular weight excluding hydrogens is 322 g/mol. The molecule has 0 amide bonds. The average molecular weight is 339 g/mol. The summed E-state index contributed by atoms with van der Waals surface area (Å²) in [6, 6.07) is 8.16. The molecule has 3 aromatic heterocycles. The van der Waals surface area contributed by atoms with Gasteiger partial charge in [-0.15, -0.1) is 0 Å². The van der Waals surface area contributed by atoms with Crippen molar-refractivity contribution in [3.05, 3.63) is 69.9 Å². The molecule has 0 atom stereocenters. The summed E-state index contributed by atoms with van der Waals surface area (Å²) < 4.78 is 12.0. The van der Waals surface area contributed by atoms with Gasteiger partial charge in [-0.3, -0.25) is 9.20 Å². The predicted molar refractivity (Wildman–Crippen MR) is 90.7 cm³/mol. The number of nitrogens with zero attached hydrogens (tertiary/aromatic N) is 3. The second-order valence-corrected chi connectivity index (χ2v) is 5.39. The van der Waals surface area contributed by atoms with Crippen LogP contribution in [0.2, 0.25) is 0 Å². The highest BCUT2D eigenvalue weighted by Gasteiger charge is 2.15. The Morgan fingerprint density at radius 2 is 2.12 bits per heavy atom. The number of rotatable bonds is 5. The first-order valence-electron chi connectivity index (χ1n) is 7.82. The standard InChI is InChI=1S/C18H17N3O4/c1-3-24-17-14(5-4-8-19-17)18(23)25-11-13-9-16(22)21-10-12(2)6-7-15(21)20-13/h4-10H,3,11H2,1-2H3. The lowest BCUT2D eigenvalue weighted by Gasteiger charge is -2.09. The highest BCUT2D eigenvalue weighted by molar-refractivity contribution is 5.91. The van der Waals surface area contributed by atoms with E-state index in [0.29, 0.717) is 17.9 Å². The van der Waals surface area contributed by atoms with E-state index in [1.807, 2.05) is 13.0 Å². The summed E-state index contributed by atoms with van der Waals surface area (Å²) in [7, 11) is 0. The number of carbonyl (C=O) groups excluding carboxylic acids is 1. The highest BCUT2D eigenvalue weighted by atomic mass is 16.5. The lowest BCUT2D eigenvalue weighted by molar-refractivity contribution is 0.0462. The molecule has 3 heterocycles. The van der Waals surface area contributed by atoms with Crippen molar-refractivity contribution in [2.24, 2.45) is 0 Å². The molecule has 0 aliphatic carbocycles. The minimum absolute atomic E-state index is 0.112. The van der Waals surface area contributed by atoms with Gasteiger partial charge >= 0.3 is 5.97 Å². The summed E-state index contributed by atoms with van der Waals surface area (Å²) in [5.41, 5.74) is 1.84. The van der Waals surface area contributed by atoms with Gasteiger partial charge < -0.3 is 9.47 Å². The summed E-state index contributed by atoms with van der Waals surface area (Å²) in [6.45, 7) is 3.97. The van der Waals surface area contributed by atoms with Crippen LogP contribution < -0.4 is 10.3 Å². The summed E-state index contributed by atoms with van der Waals surface area (Å²) >= 11 is 0. The van der Waals surface area contributed by atoms with Crippen molar-refractivity contribution < 1.29 is 14.3 Å². The molecule has 3 aromatic rings. The molecular formula is C18H17N3O4. The fourth-order valence-corrected chi connectivity index (χ4v) is 2.35. The second-order valence-electron chi connectivity index (χ2n) is 5.39. The lowest BCUT2D eigenvalue weighted by atomic mass is 10.3. The zero-order valence-corrected chi connectivity index (χ0v) is 13.9. The van der Waals surface area contributed by atoms with Gasteiger partial charge in [-0.05, 0) is 37.6 Å². The van der Waals surface area contributed by atoms with Gasteiger partial charge in [0, 0.05) is 18.5 Å². The molecule has 0 radical (unpaired) electrons. The number of esters is 1. The quantitative estimate of drug-likeness (QED) is 0.663. The third-order valence-corrected chi connectivity index (χ3v) is 3.48. The monoisotopic (exact) mass is 339 g/mol. The van der Waals surface area contributed by atoms with Gasteiger partial charge in [0.2, 0.25) is 5.88 Å². The minimum atomic E-state index is -0.581. The van der Waals surface area contributed by atoms with E-state index < -0.39 is 5.97 Å². The van der Waals surface area contributed by atoms with Crippen molar-refractivity contribution in [3.8, 4) is 5.88 Å². The van der Waals surface area contributed by atoms with Crippen molar-refractivity contribution in [2.45, 2.75) is 20.5 Å². The first-order chi connectivity index (χ1) is 12.1. The predicted octanol–water partition coefficient (Wildman–Crippen LogP) is 2.15. The van der Waals surface area contributed by atoms with Crippen LogP contribution in [0, 0.1) is 6.92 Å². The molecule has 3 rings (SSSR count). The van der Waals surface area contributed by atoms with Crippen LogP contribution in [0.15, 0.2) is 47.5 Å². The first-order valence-corrected chi connectivity index (χ1v) is 7.82. The topological polar surface area (TPSA) is 82.8 Å². The lowest BCUT2D eigenvalue weighted by Crippen LogP contribution is -2.17. The van der Waals surface area contributed by atoms with Crippen LogP contribution in [0.1, 0.15) is 28.5 Å². The SMILES string of the molecule is CCOc1ncccc1C(=O)OCc1cc(=O)n2cc(C)ccc2n1. The van der Waals surface area contributed by atoms with Gasteiger partial charge in [0.05, 0.1) is 12.3 Å². The number of pyridine rings is 2. The van der Waals surface area contributed by atoms with E-state index in [1.165, 1.54) is 16.7 Å². The number of carbonyl (C=O) groups is 1. The Labute approximate surface area is 143 Å². The molecule has 0 unspecified atom stereocenters. The molecule has 0 saturated carbocycles. The van der Waals surface area contributed by atoms with Gasteiger partial charge in [0.15, 0.2) is 0 Å². The Bertz CT molecular complexity index is 981. The summed E-state index contributed by atoms with van der Waals surface area (Å²) in [4.78, 5) is 32.8. The van der Waals surface area contributed by atoms with Crippen molar-refractivity contribution in [1.29, 1.82) is 0 Å². The largest absolute Gasteiger partial charge is 0.477 e. The fourth-order valence-electron chi connectivity index (χ4n) is 2.35. The van der Waals surface area contributed by atoms with E-state index in [-0.39, 0.29) is 23.6 Å². The number of aromatic nitrogens is 3. The molecule has 0 aliphatic heterocycles. The molecule has 0 aromatic carbocycles. The van der Waals surface area contributed by atoms with E-state index in [9.17, 15) is 9.59 Å². The van der Waals surface area contributed by atoms with Gasteiger partial charge in [0.25, 0.3) is 5.56 Å². The normalized spacial score (nSPS) is 10.6. The maximum atomic E-state index is 12.3. The van der Waals surface area contributed by atoms with Crippen LogP contribution in [0.25, 0.3) is 5.65 Å². The third kappa shape index (κ3) is 3.65. The van der Waals surface area contributed by atoms with Crippen LogP contribution in [0.3, 0.4) is 0 Å². The summed E-state index contributed by atoms with van der Waals surface area (Å²) in [5, 5.41) is 0. The molecule has 0 aliphatic rings. The zero-order valence-electron chi connectivity index (χ0n) is 13.9. The van der Waals surface area contributed by atoms with Gasteiger partial charge in [-0.2, -0.15) is 0 Å². The van der Waals surface area contributed by atoms with Crippen LogP contribution >= 0.6 is 0 Å². The van der Waals surface area contributed by atoms with Crippen LogP contribution in [0.4, 0.5) is 0 Å². The van der Waals surface area contributed by atoms with E-state index in [4.69, 9.17) is 9.47 Å². The van der Waals surface area contributed by atoms with Gasteiger partial charge in [-0.25, -0.2) is 14.8 Å². The number of aryl methyl sites for hydroxylation is 1. The van der Waals surface area contributed by atoms with Gasteiger partial charge in [-0.1, -0.05) is 6.07 Å².